The highest BCUT2D eigenvalue weighted by Gasteiger charge is 2.39. The van der Waals surface area contributed by atoms with Gasteiger partial charge in [0.15, 0.2) is 6.10 Å². The molecule has 0 aliphatic rings. The SMILES string of the molecule is C=CCOC(=O)CN(C)C(=O)[C@@H](Cc1ccccc1)N(C)C(=O)[C@H](C)NC(=O)[C@H](OC(=O)/C(C)=C/C[C@H](OC(=O)OCC(Cl)(Cl)Cl)[C@H](C)[C@@H](OC(=O)[C@H](C)N(C)C(=O)OC(C)(C)C)[C@@H](C)CC)[C@@H](C)CC. The maximum absolute atomic E-state index is 14.0. The Hall–Kier alpha value is -5.07. The van der Waals surface area contributed by atoms with Crippen molar-refractivity contribution < 1.29 is 66.8 Å². The van der Waals surface area contributed by atoms with E-state index in [-0.39, 0.29) is 37.5 Å². The molecule has 0 spiro atoms. The average Bonchev–Trinajstić information content (AvgIpc) is 3.31. The van der Waals surface area contributed by atoms with Crippen molar-refractivity contribution in [3.05, 3.63) is 60.2 Å². The quantitative estimate of drug-likeness (QED) is 0.0309. The van der Waals surface area contributed by atoms with Crippen LogP contribution in [0.3, 0.4) is 0 Å². The topological polar surface area (TPSA) is 214 Å². The average molecular weight is 1060 g/mol. The summed E-state index contributed by atoms with van der Waals surface area (Å²) in [4.78, 5) is 111. The van der Waals surface area contributed by atoms with E-state index in [4.69, 9.17) is 63.2 Å². The van der Waals surface area contributed by atoms with Crippen molar-refractivity contribution in [1.29, 1.82) is 0 Å². The van der Waals surface area contributed by atoms with E-state index in [1.165, 1.54) is 59.0 Å². The molecular formula is C50H75Cl3N4O14. The molecule has 0 aliphatic carbocycles. The Labute approximate surface area is 434 Å². The number of hydrogen-bond acceptors (Lipinski definition) is 14. The number of amides is 4. The van der Waals surface area contributed by atoms with Crippen molar-refractivity contribution in [2.24, 2.45) is 17.8 Å². The summed E-state index contributed by atoms with van der Waals surface area (Å²) in [7, 11) is 4.23. The first kappa shape index (κ1) is 63.9. The van der Waals surface area contributed by atoms with Gasteiger partial charge in [-0.15, -0.1) is 0 Å². The van der Waals surface area contributed by atoms with Gasteiger partial charge in [-0.25, -0.2) is 19.2 Å². The molecule has 0 heterocycles. The lowest BCUT2D eigenvalue weighted by Crippen LogP contribution is -2.56. The third kappa shape index (κ3) is 22.5. The predicted molar refractivity (Wildman–Crippen MR) is 269 cm³/mol. The zero-order valence-electron chi connectivity index (χ0n) is 43.6. The fourth-order valence-electron chi connectivity index (χ4n) is 6.73. The molecule has 4 amide bonds. The van der Waals surface area contributed by atoms with Crippen LogP contribution in [0, 0.1) is 17.8 Å². The van der Waals surface area contributed by atoms with Crippen molar-refractivity contribution in [3.8, 4) is 0 Å². The van der Waals surface area contributed by atoms with E-state index < -0.39 is 112 Å². The molecule has 1 N–H and O–H groups in total. The number of alkyl halides is 3. The van der Waals surface area contributed by atoms with Crippen LogP contribution in [0.1, 0.15) is 101 Å². The second-order valence-electron chi connectivity index (χ2n) is 18.6. The summed E-state index contributed by atoms with van der Waals surface area (Å²) in [5, 5.41) is 2.64. The molecule has 18 nitrogen and oxygen atoms in total. The van der Waals surface area contributed by atoms with E-state index in [0.717, 1.165) is 15.4 Å². The maximum atomic E-state index is 14.0. The molecular weight excluding hydrogens is 987 g/mol. The molecule has 0 fully saturated rings. The van der Waals surface area contributed by atoms with Crippen LogP contribution in [0.4, 0.5) is 9.59 Å². The summed E-state index contributed by atoms with van der Waals surface area (Å²) >= 11 is 17.4. The Kier molecular flexibility index (Phi) is 27.1. The van der Waals surface area contributed by atoms with E-state index in [0.29, 0.717) is 12.8 Å². The highest BCUT2D eigenvalue weighted by Crippen LogP contribution is 2.30. The molecule has 1 aromatic carbocycles. The molecule has 0 radical (unpaired) electrons. The minimum atomic E-state index is -1.96. The van der Waals surface area contributed by atoms with Gasteiger partial charge in [0.1, 0.15) is 55.7 Å². The van der Waals surface area contributed by atoms with Gasteiger partial charge in [-0.05, 0) is 59.4 Å². The molecule has 0 aliphatic heterocycles. The first-order valence-electron chi connectivity index (χ1n) is 23.5. The molecule has 400 valence electrons. The van der Waals surface area contributed by atoms with Gasteiger partial charge in [-0.3, -0.25) is 24.1 Å². The molecule has 0 bridgehead atoms. The number of nitrogens with zero attached hydrogens (tertiary/aromatic N) is 3. The Morgan fingerprint density at radius 2 is 1.39 bits per heavy atom. The van der Waals surface area contributed by atoms with Crippen LogP contribution in [-0.2, 0) is 63.6 Å². The Bertz CT molecular complexity index is 1990. The highest BCUT2D eigenvalue weighted by molar-refractivity contribution is 6.67. The molecule has 9 atom stereocenters. The number of nitrogens with one attached hydrogen (secondary N) is 1. The zero-order chi connectivity index (χ0) is 54.6. The Morgan fingerprint density at radius 1 is 0.803 bits per heavy atom. The van der Waals surface area contributed by atoms with Crippen molar-refractivity contribution in [2.45, 2.75) is 148 Å². The first-order valence-corrected chi connectivity index (χ1v) is 24.6. The minimum absolute atomic E-state index is 0.00914. The van der Waals surface area contributed by atoms with Crippen molar-refractivity contribution >= 4 is 82.7 Å². The predicted octanol–water partition coefficient (Wildman–Crippen LogP) is 7.78. The number of carbonyl (C=O) groups excluding carboxylic acids is 8. The molecule has 1 rings (SSSR count). The standard InChI is InChI=1S/C50H75Cl3N4O14/c1-16-26-66-39(58)28-55(13)44(61)37(27-36-22-20-19-21-23-36)57(15)43(60)34(8)54-42(59)41(31(5)18-3)70-45(62)32(6)24-25-38(68-48(65)67-29-50(51,52)53)33(7)40(30(4)17-2)69-46(63)35(9)56(14)47(64)71-49(10,11)12/h16,19-24,30-31,33-35,37-38,40-41H,1,17-18,25-29H2,2-15H3,(H,54,59)/b32-24+/t30-,31-,33-,34-,35-,37+,38-,40-,41+/m0/s1. The van der Waals surface area contributed by atoms with Crippen molar-refractivity contribution in [2.75, 3.05) is 40.9 Å². The summed E-state index contributed by atoms with van der Waals surface area (Å²) in [6, 6.07) is 5.57. The van der Waals surface area contributed by atoms with Gasteiger partial charge in [-0.1, -0.05) is 125 Å². The summed E-state index contributed by atoms with van der Waals surface area (Å²) < 4.78 is 31.1. The van der Waals surface area contributed by atoms with E-state index in [1.54, 1.807) is 71.9 Å². The lowest BCUT2D eigenvalue weighted by Gasteiger charge is -2.35. The van der Waals surface area contributed by atoms with Crippen LogP contribution in [0.2, 0.25) is 0 Å². The second kappa shape index (κ2) is 30.1. The minimum Gasteiger partial charge on any atom is -0.460 e. The summed E-state index contributed by atoms with van der Waals surface area (Å²) in [5.74, 6) is -5.93. The number of ether oxygens (including phenoxy) is 6. The van der Waals surface area contributed by atoms with Crippen LogP contribution in [0.25, 0.3) is 0 Å². The number of carbonyl (C=O) groups is 8. The second-order valence-corrected chi connectivity index (χ2v) is 21.1. The van der Waals surface area contributed by atoms with Gasteiger partial charge in [-0.2, -0.15) is 0 Å². The zero-order valence-corrected chi connectivity index (χ0v) is 45.9. The fourth-order valence-corrected chi connectivity index (χ4v) is 6.89. The normalized spacial score (nSPS) is 15.6. The summed E-state index contributed by atoms with van der Waals surface area (Å²) in [6.45, 7) is 20.7. The lowest BCUT2D eigenvalue weighted by molar-refractivity contribution is -0.163. The molecule has 1 aromatic rings. The third-order valence-electron chi connectivity index (χ3n) is 11.6. The van der Waals surface area contributed by atoms with E-state index in [1.807, 2.05) is 13.8 Å². The van der Waals surface area contributed by atoms with Gasteiger partial charge in [0.2, 0.25) is 15.6 Å². The number of benzene rings is 1. The van der Waals surface area contributed by atoms with Gasteiger partial charge in [0, 0.05) is 51.4 Å². The molecule has 71 heavy (non-hydrogen) atoms. The number of likely N-dealkylation sites (N-methyl/N-ethyl adjacent to an activating group) is 3. The van der Waals surface area contributed by atoms with Gasteiger partial charge >= 0.3 is 30.2 Å². The van der Waals surface area contributed by atoms with Gasteiger partial charge in [0.05, 0.1) is 0 Å². The monoisotopic (exact) mass is 1060 g/mol. The first-order chi connectivity index (χ1) is 32.9. The Morgan fingerprint density at radius 3 is 1.93 bits per heavy atom. The van der Waals surface area contributed by atoms with E-state index in [9.17, 15) is 38.4 Å². The highest BCUT2D eigenvalue weighted by atomic mass is 35.6. The number of hydrogen-bond donors (Lipinski definition) is 1. The summed E-state index contributed by atoms with van der Waals surface area (Å²) in [6.07, 6.45) is -1.74. The number of halogens is 3. The van der Waals surface area contributed by atoms with E-state index >= 15 is 0 Å². The number of esters is 3. The fraction of sp³-hybridized carbons (Fsp3) is 0.640. The Balaban J connectivity index is 3.44. The lowest BCUT2D eigenvalue weighted by atomic mass is 9.86. The maximum Gasteiger partial charge on any atom is 0.508 e. The molecule has 0 saturated carbocycles. The molecule has 0 saturated heterocycles. The van der Waals surface area contributed by atoms with Crippen molar-refractivity contribution in [1.82, 2.24) is 20.0 Å². The van der Waals surface area contributed by atoms with E-state index in [2.05, 4.69) is 11.9 Å². The van der Waals surface area contributed by atoms with Crippen LogP contribution in [-0.4, -0.2) is 149 Å². The third-order valence-corrected chi connectivity index (χ3v) is 11.9. The summed E-state index contributed by atoms with van der Waals surface area (Å²) in [5.41, 5.74) is -0.0797. The molecule has 0 unspecified atom stereocenters. The van der Waals surface area contributed by atoms with Crippen LogP contribution in [0.5, 0.6) is 0 Å². The largest absolute Gasteiger partial charge is 0.508 e. The van der Waals surface area contributed by atoms with Crippen LogP contribution >= 0.6 is 34.8 Å². The van der Waals surface area contributed by atoms with Gasteiger partial charge < -0.3 is 43.5 Å². The smallest absolute Gasteiger partial charge is 0.460 e. The van der Waals surface area contributed by atoms with Crippen LogP contribution in [0.15, 0.2) is 54.6 Å². The van der Waals surface area contributed by atoms with Crippen molar-refractivity contribution in [3.63, 3.8) is 0 Å². The van der Waals surface area contributed by atoms with Crippen LogP contribution < -0.4 is 5.32 Å². The van der Waals surface area contributed by atoms with Gasteiger partial charge in [0.25, 0.3) is 5.91 Å². The molecule has 0 aromatic heterocycles. The number of rotatable bonds is 26. The molecule has 21 heteroatoms.